The van der Waals surface area contributed by atoms with E-state index in [0.29, 0.717) is 12.3 Å². The third-order valence-corrected chi connectivity index (χ3v) is 6.90. The van der Waals surface area contributed by atoms with Gasteiger partial charge in [0.1, 0.15) is 5.82 Å². The second kappa shape index (κ2) is 10.4. The van der Waals surface area contributed by atoms with Crippen LogP contribution in [0.2, 0.25) is 0 Å². The molecule has 1 aromatic heterocycles. The lowest BCUT2D eigenvalue weighted by Crippen LogP contribution is -2.37. The lowest BCUT2D eigenvalue weighted by atomic mass is 9.96. The average Bonchev–Trinajstić information content (AvgIpc) is 2.81. The smallest absolute Gasteiger partial charge is 0.227 e. The molecule has 3 heterocycles. The number of benzene rings is 1. The summed E-state index contributed by atoms with van der Waals surface area (Å²) < 4.78 is 0. The lowest BCUT2D eigenvalue weighted by molar-refractivity contribution is -0.131. The molecular weight excluding hydrogens is 384 g/mol. The van der Waals surface area contributed by atoms with Gasteiger partial charge in [0.05, 0.1) is 6.42 Å². The van der Waals surface area contributed by atoms with Crippen molar-refractivity contribution in [2.45, 2.75) is 64.7 Å². The first-order valence-corrected chi connectivity index (χ1v) is 12.0. The number of carbonyl (C=O) groups is 1. The number of nitrogens with zero attached hydrogens (tertiary/aromatic N) is 4. The van der Waals surface area contributed by atoms with Gasteiger partial charge in [-0.1, -0.05) is 30.3 Å². The molecular formula is C26H36N4O. The summed E-state index contributed by atoms with van der Waals surface area (Å²) >= 11 is 0. The zero-order chi connectivity index (χ0) is 21.6. The van der Waals surface area contributed by atoms with Gasteiger partial charge in [-0.3, -0.25) is 4.79 Å². The van der Waals surface area contributed by atoms with Crippen LogP contribution in [0.3, 0.4) is 0 Å². The van der Waals surface area contributed by atoms with Crippen molar-refractivity contribution >= 4 is 5.91 Å². The Morgan fingerprint density at radius 3 is 2.39 bits per heavy atom. The van der Waals surface area contributed by atoms with Crippen molar-refractivity contribution < 1.29 is 4.79 Å². The van der Waals surface area contributed by atoms with Crippen LogP contribution in [-0.2, 0) is 17.6 Å². The van der Waals surface area contributed by atoms with Crippen molar-refractivity contribution in [2.75, 3.05) is 32.7 Å². The highest BCUT2D eigenvalue weighted by molar-refractivity contribution is 5.79. The molecule has 0 unspecified atom stereocenters. The Hall–Kier alpha value is -2.27. The third kappa shape index (κ3) is 5.70. The molecule has 2 saturated heterocycles. The number of aryl methyl sites for hydroxylation is 2. The summed E-state index contributed by atoms with van der Waals surface area (Å²) in [5, 5.41) is 0. The first kappa shape index (κ1) is 21.9. The van der Waals surface area contributed by atoms with Crippen molar-refractivity contribution in [1.82, 2.24) is 19.8 Å². The molecule has 0 spiro atoms. The summed E-state index contributed by atoms with van der Waals surface area (Å²) in [6.07, 6.45) is 7.35. The number of aromatic nitrogens is 2. The maximum absolute atomic E-state index is 12.8. The fourth-order valence-corrected chi connectivity index (χ4v) is 5.01. The maximum Gasteiger partial charge on any atom is 0.227 e. The van der Waals surface area contributed by atoms with Gasteiger partial charge >= 0.3 is 0 Å². The molecule has 0 radical (unpaired) electrons. The van der Waals surface area contributed by atoms with E-state index in [-0.39, 0.29) is 5.91 Å². The maximum atomic E-state index is 12.8. The monoisotopic (exact) mass is 420 g/mol. The summed E-state index contributed by atoms with van der Waals surface area (Å²) in [5.74, 6) is 1.58. The van der Waals surface area contributed by atoms with Crippen molar-refractivity contribution in [2.24, 2.45) is 0 Å². The van der Waals surface area contributed by atoms with Crippen LogP contribution in [0.15, 0.2) is 30.3 Å². The van der Waals surface area contributed by atoms with Gasteiger partial charge in [-0.2, -0.15) is 0 Å². The standard InChI is InChI=1S/C26H36N4O/c1-20-24(18-25(31)30-15-7-4-8-16-30)21(2)28-26(27-20)23-12-9-14-29(19-23)17-13-22-10-5-3-6-11-22/h3,5-6,10-11,23H,4,7-9,12-19H2,1-2H3/t23-/m0/s1. The molecule has 1 atom stereocenters. The molecule has 0 saturated carbocycles. The first-order chi connectivity index (χ1) is 15.1. The molecule has 2 aliphatic heterocycles. The van der Waals surface area contributed by atoms with E-state index in [4.69, 9.17) is 9.97 Å². The number of hydrogen-bond donors (Lipinski definition) is 0. The quantitative estimate of drug-likeness (QED) is 0.707. The van der Waals surface area contributed by atoms with Gasteiger partial charge in [0.15, 0.2) is 0 Å². The van der Waals surface area contributed by atoms with E-state index in [1.807, 2.05) is 18.7 Å². The van der Waals surface area contributed by atoms with Crippen LogP contribution >= 0.6 is 0 Å². The molecule has 2 fully saturated rings. The summed E-state index contributed by atoms with van der Waals surface area (Å²) in [6, 6.07) is 10.7. The van der Waals surface area contributed by atoms with Gasteiger partial charge in [-0.05, 0) is 64.5 Å². The molecule has 2 aromatic rings. The molecule has 1 aromatic carbocycles. The van der Waals surface area contributed by atoms with E-state index >= 15 is 0 Å². The number of amides is 1. The van der Waals surface area contributed by atoms with E-state index in [9.17, 15) is 4.79 Å². The molecule has 2 aliphatic rings. The van der Waals surface area contributed by atoms with Crippen molar-refractivity contribution in [1.29, 1.82) is 0 Å². The van der Waals surface area contributed by atoms with Crippen LogP contribution in [0.5, 0.6) is 0 Å². The van der Waals surface area contributed by atoms with Gasteiger partial charge in [0.25, 0.3) is 0 Å². The predicted octanol–water partition coefficient (Wildman–Crippen LogP) is 4.07. The Bertz CT molecular complexity index is 853. The number of likely N-dealkylation sites (tertiary alicyclic amines) is 2. The fraction of sp³-hybridized carbons (Fsp3) is 0.577. The molecule has 0 aliphatic carbocycles. The van der Waals surface area contributed by atoms with Gasteiger partial charge in [0, 0.05) is 49.0 Å². The van der Waals surface area contributed by atoms with Crippen LogP contribution in [-0.4, -0.2) is 58.4 Å². The Morgan fingerprint density at radius 2 is 1.68 bits per heavy atom. The van der Waals surface area contributed by atoms with Crippen LogP contribution in [0, 0.1) is 13.8 Å². The van der Waals surface area contributed by atoms with Crippen LogP contribution in [0.4, 0.5) is 0 Å². The minimum atomic E-state index is 0.229. The van der Waals surface area contributed by atoms with E-state index < -0.39 is 0 Å². The van der Waals surface area contributed by atoms with Crippen molar-refractivity contribution in [3.63, 3.8) is 0 Å². The van der Waals surface area contributed by atoms with Gasteiger partial charge < -0.3 is 9.80 Å². The number of carbonyl (C=O) groups excluding carboxylic acids is 1. The SMILES string of the molecule is Cc1nc([C@H]2CCCN(CCc3ccccc3)C2)nc(C)c1CC(=O)N1CCCCC1. The molecule has 31 heavy (non-hydrogen) atoms. The highest BCUT2D eigenvalue weighted by Gasteiger charge is 2.25. The normalized spacial score (nSPS) is 20.1. The molecule has 5 nitrogen and oxygen atoms in total. The Morgan fingerprint density at radius 1 is 0.968 bits per heavy atom. The lowest BCUT2D eigenvalue weighted by Gasteiger charge is -2.32. The number of piperidine rings is 2. The molecule has 0 bridgehead atoms. The minimum absolute atomic E-state index is 0.229. The van der Waals surface area contributed by atoms with Crippen LogP contribution < -0.4 is 0 Å². The summed E-state index contributed by atoms with van der Waals surface area (Å²) in [5.41, 5.74) is 4.38. The number of rotatable bonds is 6. The Kier molecular flexibility index (Phi) is 7.33. The second-order valence-electron chi connectivity index (χ2n) is 9.22. The zero-order valence-corrected chi connectivity index (χ0v) is 19.1. The average molecular weight is 421 g/mol. The Labute approximate surface area is 186 Å². The second-order valence-corrected chi connectivity index (χ2v) is 9.22. The molecule has 0 N–H and O–H groups in total. The molecule has 4 rings (SSSR count). The topological polar surface area (TPSA) is 49.3 Å². The minimum Gasteiger partial charge on any atom is -0.342 e. The van der Waals surface area contributed by atoms with Crippen molar-refractivity contribution in [3.8, 4) is 0 Å². The van der Waals surface area contributed by atoms with Gasteiger partial charge in [-0.15, -0.1) is 0 Å². The first-order valence-electron chi connectivity index (χ1n) is 12.0. The fourth-order valence-electron chi connectivity index (χ4n) is 5.01. The predicted molar refractivity (Wildman–Crippen MR) is 124 cm³/mol. The third-order valence-electron chi connectivity index (χ3n) is 6.90. The van der Waals surface area contributed by atoms with E-state index in [1.165, 1.54) is 18.4 Å². The summed E-state index contributed by atoms with van der Waals surface area (Å²) in [7, 11) is 0. The van der Waals surface area contributed by atoms with E-state index in [1.54, 1.807) is 0 Å². The zero-order valence-electron chi connectivity index (χ0n) is 19.1. The highest BCUT2D eigenvalue weighted by atomic mass is 16.2. The van der Waals surface area contributed by atoms with E-state index in [2.05, 4.69) is 35.2 Å². The Balaban J connectivity index is 1.39. The van der Waals surface area contributed by atoms with Crippen molar-refractivity contribution in [3.05, 3.63) is 58.7 Å². The highest BCUT2D eigenvalue weighted by Crippen LogP contribution is 2.26. The van der Waals surface area contributed by atoms with Crippen LogP contribution in [0.1, 0.15) is 66.4 Å². The number of hydrogen-bond acceptors (Lipinski definition) is 4. The van der Waals surface area contributed by atoms with Crippen LogP contribution in [0.25, 0.3) is 0 Å². The largest absolute Gasteiger partial charge is 0.342 e. The molecule has 1 amide bonds. The summed E-state index contributed by atoms with van der Waals surface area (Å²) in [6.45, 7) is 9.16. The van der Waals surface area contributed by atoms with Gasteiger partial charge in [-0.25, -0.2) is 9.97 Å². The molecule has 5 heteroatoms. The molecule has 166 valence electrons. The summed E-state index contributed by atoms with van der Waals surface area (Å²) in [4.78, 5) is 27.1. The van der Waals surface area contributed by atoms with E-state index in [0.717, 1.165) is 81.2 Å². The van der Waals surface area contributed by atoms with Gasteiger partial charge in [0.2, 0.25) is 5.91 Å².